The molecule has 1 N–H and O–H groups in total. The first-order valence-electron chi connectivity index (χ1n) is 6.28. The molecule has 1 aliphatic carbocycles. The van der Waals surface area contributed by atoms with Crippen LogP contribution < -0.4 is 5.32 Å². The maximum atomic E-state index is 5.30. The lowest BCUT2D eigenvalue weighted by Gasteiger charge is -2.30. The van der Waals surface area contributed by atoms with Gasteiger partial charge in [-0.2, -0.15) is 0 Å². The lowest BCUT2D eigenvalue weighted by atomic mass is 9.77. The smallest absolute Gasteiger partial charge is 0.0477 e. The Hall–Kier alpha value is -0.860. The molecule has 0 radical (unpaired) electrons. The van der Waals surface area contributed by atoms with E-state index in [1.807, 2.05) is 6.92 Å². The van der Waals surface area contributed by atoms with Gasteiger partial charge in [0.2, 0.25) is 0 Å². The molecule has 2 heteroatoms. The Bertz CT molecular complexity index is 324. The van der Waals surface area contributed by atoms with Gasteiger partial charge in [-0.05, 0) is 37.4 Å². The molecule has 0 aromatic heterocycles. The molecule has 0 aliphatic heterocycles. The summed E-state index contributed by atoms with van der Waals surface area (Å²) in [5, 5.41) is 3.51. The average Bonchev–Trinajstić information content (AvgIpc) is 2.28. The summed E-state index contributed by atoms with van der Waals surface area (Å²) in [5.41, 5.74) is 3.07. The van der Waals surface area contributed by atoms with E-state index in [1.54, 1.807) is 5.56 Å². The monoisotopic (exact) mass is 219 g/mol. The van der Waals surface area contributed by atoms with Crippen molar-refractivity contribution >= 4 is 0 Å². The Kier molecular flexibility index (Phi) is 4.37. The summed E-state index contributed by atoms with van der Waals surface area (Å²) in [5.74, 6) is 0.739. The Morgan fingerprint density at radius 2 is 2.25 bits per heavy atom. The van der Waals surface area contributed by atoms with Crippen LogP contribution in [-0.2, 0) is 11.2 Å². The molecule has 88 valence electrons. The van der Waals surface area contributed by atoms with Crippen LogP contribution in [0.4, 0.5) is 0 Å². The largest absolute Gasteiger partial charge is 0.382 e. The van der Waals surface area contributed by atoms with E-state index in [1.165, 1.54) is 12.0 Å². The summed E-state index contributed by atoms with van der Waals surface area (Å²) in [7, 11) is 0. The second-order valence-electron chi connectivity index (χ2n) is 4.35. The van der Waals surface area contributed by atoms with Crippen molar-refractivity contribution in [3.8, 4) is 0 Å². The summed E-state index contributed by atoms with van der Waals surface area (Å²) in [6, 6.07) is 8.76. The van der Waals surface area contributed by atoms with Crippen molar-refractivity contribution < 1.29 is 4.74 Å². The molecule has 2 nitrogen and oxygen atoms in total. The number of nitrogens with one attached hydrogen (secondary N) is 1. The van der Waals surface area contributed by atoms with Crippen LogP contribution in [0.3, 0.4) is 0 Å². The summed E-state index contributed by atoms with van der Waals surface area (Å²) < 4.78 is 5.30. The van der Waals surface area contributed by atoms with Gasteiger partial charge < -0.3 is 10.1 Å². The fraction of sp³-hybridized carbons (Fsp3) is 0.571. The second kappa shape index (κ2) is 6.02. The molecule has 1 aliphatic rings. The van der Waals surface area contributed by atoms with E-state index < -0.39 is 0 Å². The van der Waals surface area contributed by atoms with Gasteiger partial charge in [-0.1, -0.05) is 24.3 Å². The molecule has 0 saturated carbocycles. The van der Waals surface area contributed by atoms with E-state index in [9.17, 15) is 0 Å². The van der Waals surface area contributed by atoms with Crippen LogP contribution in [-0.4, -0.2) is 26.3 Å². The molecular formula is C14H21NO. The Balaban J connectivity index is 1.59. The zero-order chi connectivity index (χ0) is 11.2. The minimum atomic E-state index is 0.739. The van der Waals surface area contributed by atoms with Crippen molar-refractivity contribution in [2.45, 2.75) is 25.7 Å². The first-order chi connectivity index (χ1) is 7.92. The van der Waals surface area contributed by atoms with Crippen LogP contribution in [0.2, 0.25) is 0 Å². The van der Waals surface area contributed by atoms with E-state index in [2.05, 4.69) is 29.6 Å². The number of fused-ring (bicyclic) bond motifs is 1. The standard InChI is InChI=1S/C14H21NO/c1-2-16-9-5-8-15-11-13-10-12-6-3-4-7-14(12)13/h3-4,6-7,13,15H,2,5,8-11H2,1H3. The molecule has 1 aromatic rings. The van der Waals surface area contributed by atoms with Crippen molar-refractivity contribution in [1.29, 1.82) is 0 Å². The molecular weight excluding hydrogens is 198 g/mol. The van der Waals surface area contributed by atoms with Crippen molar-refractivity contribution in [1.82, 2.24) is 5.32 Å². The first-order valence-corrected chi connectivity index (χ1v) is 6.28. The SMILES string of the molecule is CCOCCCNCC1Cc2ccccc21. The quantitative estimate of drug-likeness (QED) is 0.711. The van der Waals surface area contributed by atoms with Crippen molar-refractivity contribution in [3.05, 3.63) is 35.4 Å². The molecule has 1 unspecified atom stereocenters. The van der Waals surface area contributed by atoms with Crippen molar-refractivity contribution in [2.75, 3.05) is 26.3 Å². The molecule has 16 heavy (non-hydrogen) atoms. The maximum Gasteiger partial charge on any atom is 0.0477 e. The molecule has 0 bridgehead atoms. The zero-order valence-corrected chi connectivity index (χ0v) is 10.0. The first kappa shape index (κ1) is 11.6. The normalized spacial score (nSPS) is 17.9. The van der Waals surface area contributed by atoms with Gasteiger partial charge >= 0.3 is 0 Å². The lowest BCUT2D eigenvalue weighted by Crippen LogP contribution is -2.30. The van der Waals surface area contributed by atoms with E-state index in [0.717, 1.165) is 38.6 Å². The van der Waals surface area contributed by atoms with Crippen LogP contribution in [0.25, 0.3) is 0 Å². The van der Waals surface area contributed by atoms with Gasteiger partial charge in [0.1, 0.15) is 0 Å². The number of hydrogen-bond acceptors (Lipinski definition) is 2. The third-order valence-corrected chi connectivity index (χ3v) is 3.20. The van der Waals surface area contributed by atoms with Crippen LogP contribution in [0.15, 0.2) is 24.3 Å². The van der Waals surface area contributed by atoms with Crippen LogP contribution in [0, 0.1) is 0 Å². The van der Waals surface area contributed by atoms with E-state index in [4.69, 9.17) is 4.74 Å². The van der Waals surface area contributed by atoms with Gasteiger partial charge in [0, 0.05) is 25.7 Å². The number of benzene rings is 1. The highest BCUT2D eigenvalue weighted by Crippen LogP contribution is 2.33. The average molecular weight is 219 g/mol. The number of ether oxygens (including phenoxy) is 1. The highest BCUT2D eigenvalue weighted by atomic mass is 16.5. The zero-order valence-electron chi connectivity index (χ0n) is 10.0. The molecule has 0 fully saturated rings. The van der Waals surface area contributed by atoms with Gasteiger partial charge in [-0.15, -0.1) is 0 Å². The third-order valence-electron chi connectivity index (χ3n) is 3.20. The highest BCUT2D eigenvalue weighted by Gasteiger charge is 2.24. The highest BCUT2D eigenvalue weighted by molar-refractivity contribution is 5.40. The molecule has 1 aromatic carbocycles. The maximum absolute atomic E-state index is 5.30. The predicted molar refractivity (Wildman–Crippen MR) is 66.9 cm³/mol. The summed E-state index contributed by atoms with van der Waals surface area (Å²) >= 11 is 0. The minimum Gasteiger partial charge on any atom is -0.382 e. The summed E-state index contributed by atoms with van der Waals surface area (Å²) in [6.45, 7) is 5.93. The van der Waals surface area contributed by atoms with Gasteiger partial charge in [-0.25, -0.2) is 0 Å². The van der Waals surface area contributed by atoms with Crippen LogP contribution >= 0.6 is 0 Å². The van der Waals surface area contributed by atoms with Gasteiger partial charge in [0.05, 0.1) is 0 Å². The summed E-state index contributed by atoms with van der Waals surface area (Å²) in [6.07, 6.45) is 2.36. The number of rotatable bonds is 7. The molecule has 1 atom stereocenters. The fourth-order valence-corrected chi connectivity index (χ4v) is 2.26. The fourth-order valence-electron chi connectivity index (χ4n) is 2.26. The Morgan fingerprint density at radius 3 is 3.06 bits per heavy atom. The van der Waals surface area contributed by atoms with Crippen LogP contribution in [0.5, 0.6) is 0 Å². The minimum absolute atomic E-state index is 0.739. The van der Waals surface area contributed by atoms with Gasteiger partial charge in [0.25, 0.3) is 0 Å². The Morgan fingerprint density at radius 1 is 1.38 bits per heavy atom. The summed E-state index contributed by atoms with van der Waals surface area (Å²) in [4.78, 5) is 0. The Labute approximate surface area is 98.0 Å². The van der Waals surface area contributed by atoms with Gasteiger partial charge in [0.15, 0.2) is 0 Å². The van der Waals surface area contributed by atoms with Crippen LogP contribution in [0.1, 0.15) is 30.4 Å². The third kappa shape index (κ3) is 2.83. The van der Waals surface area contributed by atoms with E-state index >= 15 is 0 Å². The van der Waals surface area contributed by atoms with E-state index in [0.29, 0.717) is 0 Å². The molecule has 2 rings (SSSR count). The molecule has 0 spiro atoms. The number of hydrogen-bond donors (Lipinski definition) is 1. The van der Waals surface area contributed by atoms with Crippen molar-refractivity contribution in [2.24, 2.45) is 0 Å². The van der Waals surface area contributed by atoms with Crippen molar-refractivity contribution in [3.63, 3.8) is 0 Å². The molecule has 0 saturated heterocycles. The molecule has 0 amide bonds. The molecule has 0 heterocycles. The van der Waals surface area contributed by atoms with Gasteiger partial charge in [-0.3, -0.25) is 0 Å². The van der Waals surface area contributed by atoms with E-state index in [-0.39, 0.29) is 0 Å². The predicted octanol–water partition coefficient (Wildman–Crippen LogP) is 2.34. The lowest BCUT2D eigenvalue weighted by molar-refractivity contribution is 0.144. The second-order valence-corrected chi connectivity index (χ2v) is 4.35. The topological polar surface area (TPSA) is 21.3 Å².